The molecule has 0 aromatic heterocycles. The highest BCUT2D eigenvalue weighted by Gasteiger charge is 2.61. The first-order chi connectivity index (χ1) is 11.3. The van der Waals surface area contributed by atoms with Gasteiger partial charge >= 0.3 is 0 Å². The number of halogens is 2. The molecule has 0 bridgehead atoms. The summed E-state index contributed by atoms with van der Waals surface area (Å²) in [5.74, 6) is -2.83. The number of alkyl halides is 2. The van der Waals surface area contributed by atoms with E-state index in [-0.39, 0.29) is 31.3 Å². The maximum Gasteiger partial charge on any atom is 0.257 e. The zero-order chi connectivity index (χ0) is 17.0. The molecule has 0 radical (unpaired) electrons. The molecule has 2 saturated heterocycles. The predicted octanol–water partition coefficient (Wildman–Crippen LogP) is 2.72. The van der Waals surface area contributed by atoms with Gasteiger partial charge in [0.15, 0.2) is 0 Å². The van der Waals surface area contributed by atoms with Crippen LogP contribution in [-0.4, -0.2) is 50.1 Å². The van der Waals surface area contributed by atoms with Crippen molar-refractivity contribution in [2.24, 2.45) is 5.41 Å². The molecule has 2 heterocycles. The molecule has 4 nitrogen and oxygen atoms in total. The first kappa shape index (κ1) is 16.3. The molecule has 1 spiro atoms. The van der Waals surface area contributed by atoms with Gasteiger partial charge in [0.25, 0.3) is 5.92 Å². The van der Waals surface area contributed by atoms with Crippen molar-refractivity contribution in [3.63, 3.8) is 0 Å². The van der Waals surface area contributed by atoms with E-state index in [1.807, 2.05) is 35.2 Å². The summed E-state index contributed by atoms with van der Waals surface area (Å²) in [4.78, 5) is 1.96. The van der Waals surface area contributed by atoms with E-state index in [1.165, 1.54) is 4.31 Å². The smallest absolute Gasteiger partial charge is 0.257 e. The van der Waals surface area contributed by atoms with Crippen LogP contribution in [0.3, 0.4) is 0 Å². The van der Waals surface area contributed by atoms with Gasteiger partial charge in [-0.05, 0) is 31.4 Å². The summed E-state index contributed by atoms with van der Waals surface area (Å²) in [7, 11) is -3.40. The van der Waals surface area contributed by atoms with Crippen LogP contribution in [0, 0.1) is 5.41 Å². The van der Waals surface area contributed by atoms with Crippen LogP contribution in [0.15, 0.2) is 30.3 Å². The minimum Gasteiger partial charge on any atom is -0.371 e. The fraction of sp³-hybridized carbons (Fsp3) is 0.647. The molecule has 24 heavy (non-hydrogen) atoms. The Balaban J connectivity index is 1.60. The van der Waals surface area contributed by atoms with Crippen molar-refractivity contribution in [2.45, 2.75) is 36.9 Å². The van der Waals surface area contributed by atoms with Crippen molar-refractivity contribution >= 4 is 15.7 Å². The van der Waals surface area contributed by atoms with E-state index in [0.29, 0.717) is 25.8 Å². The van der Waals surface area contributed by atoms with Gasteiger partial charge in [-0.2, -0.15) is 0 Å². The molecule has 7 heteroatoms. The van der Waals surface area contributed by atoms with Gasteiger partial charge in [-0.1, -0.05) is 18.2 Å². The van der Waals surface area contributed by atoms with Crippen molar-refractivity contribution in [2.75, 3.05) is 31.1 Å². The van der Waals surface area contributed by atoms with Crippen molar-refractivity contribution in [1.82, 2.24) is 4.31 Å². The Morgan fingerprint density at radius 1 is 1.00 bits per heavy atom. The Labute approximate surface area is 141 Å². The normalized spacial score (nSPS) is 30.8. The molecule has 3 aliphatic rings. The summed E-state index contributed by atoms with van der Waals surface area (Å²) in [6, 6.07) is 9.51. The highest BCUT2D eigenvalue weighted by molar-refractivity contribution is 7.90. The molecule has 3 fully saturated rings. The molecule has 0 amide bonds. The van der Waals surface area contributed by atoms with E-state index in [0.717, 1.165) is 5.69 Å². The summed E-state index contributed by atoms with van der Waals surface area (Å²) in [5, 5.41) is -0.340. The van der Waals surface area contributed by atoms with Gasteiger partial charge < -0.3 is 4.90 Å². The van der Waals surface area contributed by atoms with Gasteiger partial charge in [0.1, 0.15) is 0 Å². The Morgan fingerprint density at radius 2 is 1.71 bits per heavy atom. The largest absolute Gasteiger partial charge is 0.371 e. The standard InChI is InChI=1S/C17H22F2N2O2S/c18-17(19)9-11-21(24(22,23)15-6-7-15)13-16(17)8-10-20(12-16)14-4-2-1-3-5-14/h1-5,15H,6-13H2. The molecule has 132 valence electrons. The lowest BCUT2D eigenvalue weighted by Crippen LogP contribution is -2.58. The van der Waals surface area contributed by atoms with Crippen molar-refractivity contribution in [1.29, 1.82) is 0 Å². The van der Waals surface area contributed by atoms with Crippen LogP contribution < -0.4 is 4.90 Å². The van der Waals surface area contributed by atoms with Crippen LogP contribution in [0.1, 0.15) is 25.7 Å². The third-order valence-corrected chi connectivity index (χ3v) is 8.06. The van der Waals surface area contributed by atoms with Gasteiger partial charge in [0, 0.05) is 38.3 Å². The fourth-order valence-electron chi connectivity index (χ4n) is 4.02. The third kappa shape index (κ3) is 2.52. The summed E-state index contributed by atoms with van der Waals surface area (Å²) < 4.78 is 55.9. The molecule has 1 aromatic carbocycles. The van der Waals surface area contributed by atoms with Crippen LogP contribution in [0.5, 0.6) is 0 Å². The highest BCUT2D eigenvalue weighted by Crippen LogP contribution is 2.51. The molecule has 1 unspecified atom stereocenters. The lowest BCUT2D eigenvalue weighted by atomic mass is 9.76. The molecule has 1 aliphatic carbocycles. The fourth-order valence-corrected chi connectivity index (χ4v) is 5.94. The number of para-hydroxylation sites is 1. The molecule has 1 aromatic rings. The van der Waals surface area contributed by atoms with E-state index in [4.69, 9.17) is 0 Å². The average molecular weight is 356 g/mol. The van der Waals surface area contributed by atoms with E-state index in [9.17, 15) is 17.2 Å². The molecule has 2 aliphatic heterocycles. The summed E-state index contributed by atoms with van der Waals surface area (Å²) in [6.45, 7) is 0.638. The van der Waals surface area contributed by atoms with Crippen molar-refractivity contribution in [3.05, 3.63) is 30.3 Å². The zero-order valence-electron chi connectivity index (χ0n) is 13.5. The lowest BCUT2D eigenvalue weighted by Gasteiger charge is -2.45. The van der Waals surface area contributed by atoms with Gasteiger partial charge in [0.05, 0.1) is 10.7 Å². The maximum absolute atomic E-state index is 14.8. The number of benzene rings is 1. The Morgan fingerprint density at radius 3 is 2.38 bits per heavy atom. The first-order valence-corrected chi connectivity index (χ1v) is 10.0. The molecular formula is C17H22F2N2O2S. The van der Waals surface area contributed by atoms with Gasteiger partial charge in [-0.3, -0.25) is 0 Å². The number of piperidine rings is 1. The first-order valence-electron chi connectivity index (χ1n) is 8.51. The Kier molecular flexibility index (Phi) is 3.66. The molecule has 1 saturated carbocycles. The number of anilines is 1. The second kappa shape index (κ2) is 5.39. The van der Waals surface area contributed by atoms with E-state index >= 15 is 0 Å². The van der Waals surface area contributed by atoms with Crippen LogP contribution >= 0.6 is 0 Å². The average Bonchev–Trinajstić information content (AvgIpc) is 3.33. The molecule has 4 rings (SSSR count). The number of hydrogen-bond acceptors (Lipinski definition) is 3. The second-order valence-electron chi connectivity index (χ2n) is 7.32. The van der Waals surface area contributed by atoms with Crippen molar-refractivity contribution in [3.8, 4) is 0 Å². The van der Waals surface area contributed by atoms with E-state index in [1.54, 1.807) is 0 Å². The summed E-state index contributed by atoms with van der Waals surface area (Å²) in [5.41, 5.74) is -0.351. The van der Waals surface area contributed by atoms with Gasteiger partial charge in [-0.15, -0.1) is 0 Å². The zero-order valence-corrected chi connectivity index (χ0v) is 14.3. The van der Waals surface area contributed by atoms with Crippen LogP contribution in [0.25, 0.3) is 0 Å². The maximum atomic E-state index is 14.8. The minimum atomic E-state index is -3.40. The van der Waals surface area contributed by atoms with Crippen molar-refractivity contribution < 1.29 is 17.2 Å². The molecular weight excluding hydrogens is 334 g/mol. The number of hydrogen-bond donors (Lipinski definition) is 0. The van der Waals surface area contributed by atoms with Crippen LogP contribution in [0.2, 0.25) is 0 Å². The van der Waals surface area contributed by atoms with Crippen LogP contribution in [0.4, 0.5) is 14.5 Å². The quantitative estimate of drug-likeness (QED) is 0.836. The third-order valence-electron chi connectivity index (χ3n) is 5.71. The highest BCUT2D eigenvalue weighted by atomic mass is 32.2. The van der Waals surface area contributed by atoms with E-state index in [2.05, 4.69) is 0 Å². The summed E-state index contributed by atoms with van der Waals surface area (Å²) >= 11 is 0. The molecule has 1 atom stereocenters. The van der Waals surface area contributed by atoms with E-state index < -0.39 is 21.4 Å². The molecule has 0 N–H and O–H groups in total. The Bertz CT molecular complexity index is 721. The Hall–Kier alpha value is -1.21. The second-order valence-corrected chi connectivity index (χ2v) is 9.53. The monoisotopic (exact) mass is 356 g/mol. The number of sulfonamides is 1. The lowest BCUT2D eigenvalue weighted by molar-refractivity contribution is -0.145. The van der Waals surface area contributed by atoms with Crippen LogP contribution in [-0.2, 0) is 10.0 Å². The SMILES string of the molecule is O=S(=O)(C1CC1)N1CCC(F)(F)C2(CCN(c3ccccc3)C2)C1. The van der Waals surface area contributed by atoms with Gasteiger partial charge in [0.2, 0.25) is 10.0 Å². The number of nitrogens with zero attached hydrogens (tertiary/aromatic N) is 2. The topological polar surface area (TPSA) is 40.6 Å². The van der Waals surface area contributed by atoms with Gasteiger partial charge in [-0.25, -0.2) is 21.5 Å². The minimum absolute atomic E-state index is 0.0534. The number of rotatable bonds is 3. The summed E-state index contributed by atoms with van der Waals surface area (Å²) in [6.07, 6.45) is 1.28. The predicted molar refractivity (Wildman–Crippen MR) is 88.8 cm³/mol.